The van der Waals surface area contributed by atoms with Crippen LogP contribution in [0.4, 0.5) is 0 Å². The number of aryl methyl sites for hydroxylation is 2. The third-order valence-corrected chi connectivity index (χ3v) is 6.28. The number of hydrogen-bond donors (Lipinski definition) is 0. The minimum absolute atomic E-state index is 0.375. The molecule has 7 heteroatoms. The predicted molar refractivity (Wildman–Crippen MR) is 91.1 cm³/mol. The zero-order valence-electron chi connectivity index (χ0n) is 14.1. The van der Waals surface area contributed by atoms with Gasteiger partial charge in [0.1, 0.15) is 5.76 Å². The molecule has 1 aliphatic rings. The van der Waals surface area contributed by atoms with Crippen molar-refractivity contribution in [2.45, 2.75) is 31.7 Å². The zero-order chi connectivity index (χ0) is 17.2. The summed E-state index contributed by atoms with van der Waals surface area (Å²) in [7, 11) is -3.41. The van der Waals surface area contributed by atoms with Gasteiger partial charge >= 0.3 is 0 Å². The van der Waals surface area contributed by atoms with E-state index >= 15 is 0 Å². The smallest absolute Gasteiger partial charge is 0.243 e. The maximum Gasteiger partial charge on any atom is 0.243 e. The number of rotatable bonds is 5. The molecule has 0 unspecified atom stereocenters. The van der Waals surface area contributed by atoms with Gasteiger partial charge in [0.25, 0.3) is 0 Å². The van der Waals surface area contributed by atoms with Crippen molar-refractivity contribution in [3.05, 3.63) is 47.3 Å². The first-order chi connectivity index (χ1) is 11.5. The van der Waals surface area contributed by atoms with E-state index in [1.807, 2.05) is 25.1 Å². The molecular formula is C17H23N3O3S. The maximum atomic E-state index is 12.7. The number of hydrogen-bond acceptors (Lipinski definition) is 5. The minimum Gasteiger partial charge on any atom is -0.361 e. The van der Waals surface area contributed by atoms with Crippen LogP contribution in [-0.2, 0) is 23.0 Å². The van der Waals surface area contributed by atoms with Gasteiger partial charge in [-0.2, -0.15) is 4.31 Å². The zero-order valence-corrected chi connectivity index (χ0v) is 14.9. The quantitative estimate of drug-likeness (QED) is 0.826. The lowest BCUT2D eigenvalue weighted by Crippen LogP contribution is -2.48. The van der Waals surface area contributed by atoms with Gasteiger partial charge in [-0.1, -0.05) is 24.2 Å². The molecule has 1 aliphatic heterocycles. The van der Waals surface area contributed by atoms with E-state index in [0.717, 1.165) is 23.4 Å². The third kappa shape index (κ3) is 3.68. The fourth-order valence-electron chi connectivity index (χ4n) is 2.90. The standard InChI is InChI=1S/C17H23N3O3S/c1-3-15-4-6-17(7-5-15)24(21,22)20-10-8-19(9-11-20)13-16-12-14(2)23-18-16/h4-7,12H,3,8-11,13H2,1-2H3. The molecule has 0 spiro atoms. The SMILES string of the molecule is CCc1ccc(S(=O)(=O)N2CCN(Cc3cc(C)on3)CC2)cc1. The lowest BCUT2D eigenvalue weighted by Gasteiger charge is -2.33. The number of aromatic nitrogens is 1. The number of benzene rings is 1. The van der Waals surface area contributed by atoms with Crippen LogP contribution in [0.5, 0.6) is 0 Å². The third-order valence-electron chi connectivity index (χ3n) is 4.36. The Hall–Kier alpha value is -1.70. The van der Waals surface area contributed by atoms with Crippen LogP contribution in [0.2, 0.25) is 0 Å². The molecule has 0 atom stereocenters. The van der Waals surface area contributed by atoms with Gasteiger partial charge in [0.15, 0.2) is 0 Å². The van der Waals surface area contributed by atoms with E-state index in [2.05, 4.69) is 17.0 Å². The van der Waals surface area contributed by atoms with Gasteiger partial charge in [-0.25, -0.2) is 8.42 Å². The Morgan fingerprint density at radius 3 is 2.33 bits per heavy atom. The summed E-state index contributed by atoms with van der Waals surface area (Å²) in [5, 5.41) is 3.99. The Labute approximate surface area is 143 Å². The molecule has 2 heterocycles. The maximum absolute atomic E-state index is 12.7. The molecule has 130 valence electrons. The second-order valence-corrected chi connectivity index (χ2v) is 8.04. The van der Waals surface area contributed by atoms with Crippen molar-refractivity contribution < 1.29 is 12.9 Å². The molecule has 1 fully saturated rings. The van der Waals surface area contributed by atoms with Gasteiger partial charge in [-0.3, -0.25) is 4.90 Å². The van der Waals surface area contributed by atoms with Gasteiger partial charge in [0.2, 0.25) is 10.0 Å². The fourth-order valence-corrected chi connectivity index (χ4v) is 4.32. The predicted octanol–water partition coefficient (Wildman–Crippen LogP) is 2.05. The highest BCUT2D eigenvalue weighted by Crippen LogP contribution is 2.19. The van der Waals surface area contributed by atoms with Gasteiger partial charge in [-0.15, -0.1) is 0 Å². The lowest BCUT2D eigenvalue weighted by molar-refractivity contribution is 0.177. The number of sulfonamides is 1. The minimum atomic E-state index is -3.41. The summed E-state index contributed by atoms with van der Waals surface area (Å²) < 4.78 is 32.1. The summed E-state index contributed by atoms with van der Waals surface area (Å²) in [6.07, 6.45) is 0.903. The highest BCUT2D eigenvalue weighted by molar-refractivity contribution is 7.89. The average molecular weight is 349 g/mol. The normalized spacial score (nSPS) is 17.2. The van der Waals surface area contributed by atoms with E-state index < -0.39 is 10.0 Å². The highest BCUT2D eigenvalue weighted by atomic mass is 32.2. The fraction of sp³-hybridized carbons (Fsp3) is 0.471. The molecular weight excluding hydrogens is 326 g/mol. The highest BCUT2D eigenvalue weighted by Gasteiger charge is 2.28. The van der Waals surface area contributed by atoms with Crippen molar-refractivity contribution in [2.24, 2.45) is 0 Å². The Morgan fingerprint density at radius 2 is 1.79 bits per heavy atom. The van der Waals surface area contributed by atoms with Crippen LogP contribution in [0, 0.1) is 6.92 Å². The van der Waals surface area contributed by atoms with Gasteiger partial charge < -0.3 is 4.52 Å². The van der Waals surface area contributed by atoms with E-state index in [4.69, 9.17) is 4.52 Å². The van der Waals surface area contributed by atoms with Crippen molar-refractivity contribution in [1.29, 1.82) is 0 Å². The molecule has 0 aliphatic carbocycles. The number of nitrogens with zero attached hydrogens (tertiary/aromatic N) is 3. The van der Waals surface area contributed by atoms with Crippen molar-refractivity contribution in [3.63, 3.8) is 0 Å². The Bertz CT molecular complexity index is 776. The van der Waals surface area contributed by atoms with E-state index in [1.54, 1.807) is 16.4 Å². The Balaban J connectivity index is 1.62. The summed E-state index contributed by atoms with van der Waals surface area (Å²) in [6, 6.07) is 9.10. The van der Waals surface area contributed by atoms with Crippen molar-refractivity contribution in [3.8, 4) is 0 Å². The van der Waals surface area contributed by atoms with Crippen molar-refractivity contribution >= 4 is 10.0 Å². The summed E-state index contributed by atoms with van der Waals surface area (Å²) >= 11 is 0. The monoisotopic (exact) mass is 349 g/mol. The molecule has 0 radical (unpaired) electrons. The van der Waals surface area contributed by atoms with Crippen LogP contribution in [-0.4, -0.2) is 49.0 Å². The topological polar surface area (TPSA) is 66.7 Å². The molecule has 6 nitrogen and oxygen atoms in total. The largest absolute Gasteiger partial charge is 0.361 e. The van der Waals surface area contributed by atoms with E-state index in [0.29, 0.717) is 37.6 Å². The van der Waals surface area contributed by atoms with Gasteiger partial charge in [0, 0.05) is 38.8 Å². The molecule has 0 saturated carbocycles. The summed E-state index contributed by atoms with van der Waals surface area (Å²) in [4.78, 5) is 2.57. The molecule has 3 rings (SSSR count). The molecule has 0 amide bonds. The van der Waals surface area contributed by atoms with E-state index in [1.165, 1.54) is 0 Å². The van der Waals surface area contributed by atoms with Crippen LogP contribution < -0.4 is 0 Å². The second kappa shape index (κ2) is 7.04. The van der Waals surface area contributed by atoms with E-state index in [9.17, 15) is 8.42 Å². The molecule has 1 aromatic heterocycles. The molecule has 0 N–H and O–H groups in total. The molecule has 1 saturated heterocycles. The first-order valence-electron chi connectivity index (χ1n) is 8.22. The van der Waals surface area contributed by atoms with Crippen molar-refractivity contribution in [2.75, 3.05) is 26.2 Å². The Morgan fingerprint density at radius 1 is 1.12 bits per heavy atom. The number of piperazine rings is 1. The lowest BCUT2D eigenvalue weighted by atomic mass is 10.2. The summed E-state index contributed by atoms with van der Waals surface area (Å²) in [5.41, 5.74) is 2.03. The molecule has 1 aromatic carbocycles. The first kappa shape index (κ1) is 17.1. The first-order valence-corrected chi connectivity index (χ1v) is 9.66. The second-order valence-electron chi connectivity index (χ2n) is 6.11. The summed E-state index contributed by atoms with van der Waals surface area (Å²) in [6.45, 7) is 6.99. The average Bonchev–Trinajstić information content (AvgIpc) is 3.00. The van der Waals surface area contributed by atoms with E-state index in [-0.39, 0.29) is 0 Å². The van der Waals surface area contributed by atoms with Crippen LogP contribution in [0.15, 0.2) is 39.8 Å². The van der Waals surface area contributed by atoms with Crippen molar-refractivity contribution in [1.82, 2.24) is 14.4 Å². The van der Waals surface area contributed by atoms with Gasteiger partial charge in [0.05, 0.1) is 10.6 Å². The molecule has 24 heavy (non-hydrogen) atoms. The van der Waals surface area contributed by atoms with Crippen LogP contribution >= 0.6 is 0 Å². The summed E-state index contributed by atoms with van der Waals surface area (Å²) in [5.74, 6) is 0.793. The van der Waals surface area contributed by atoms with Crippen LogP contribution in [0.1, 0.15) is 23.9 Å². The van der Waals surface area contributed by atoms with Gasteiger partial charge in [-0.05, 0) is 31.0 Å². The van der Waals surface area contributed by atoms with Crippen LogP contribution in [0.25, 0.3) is 0 Å². The molecule has 0 bridgehead atoms. The Kier molecular flexibility index (Phi) is 5.03. The molecule has 2 aromatic rings. The van der Waals surface area contributed by atoms with Crippen LogP contribution in [0.3, 0.4) is 0 Å².